The first-order valence-electron chi connectivity index (χ1n) is 7.73. The Labute approximate surface area is 155 Å². The van der Waals surface area contributed by atoms with Crippen LogP contribution in [0.25, 0.3) is 0 Å². The summed E-state index contributed by atoms with van der Waals surface area (Å²) in [5, 5.41) is 9.35. The molecule has 0 N–H and O–H groups in total. The molecule has 6 nitrogen and oxygen atoms in total. The van der Waals surface area contributed by atoms with Gasteiger partial charge in [-0.1, -0.05) is 54.2 Å². The number of para-hydroxylation sites is 1. The molecule has 0 radical (unpaired) electrons. The second kappa shape index (κ2) is 8.68. The maximum Gasteiger partial charge on any atom is 0.277 e. The zero-order valence-electron chi connectivity index (χ0n) is 13.7. The van der Waals surface area contributed by atoms with E-state index in [0.717, 1.165) is 0 Å². The third kappa shape index (κ3) is 5.21. The lowest BCUT2D eigenvalue weighted by molar-refractivity contribution is 0.252. The highest BCUT2D eigenvalue weighted by Gasteiger charge is 2.10. The van der Waals surface area contributed by atoms with Crippen LogP contribution in [0.4, 0.5) is 0 Å². The predicted molar refractivity (Wildman–Crippen MR) is 98.6 cm³/mol. The van der Waals surface area contributed by atoms with Crippen molar-refractivity contribution in [3.8, 4) is 5.75 Å². The van der Waals surface area contributed by atoms with E-state index in [1.54, 1.807) is 36.4 Å². The van der Waals surface area contributed by atoms with Crippen LogP contribution in [-0.2, 0) is 16.4 Å². The first-order valence-corrected chi connectivity index (χ1v) is 10.3. The first kappa shape index (κ1) is 18.2. The quantitative estimate of drug-likeness (QED) is 0.544. The van der Waals surface area contributed by atoms with E-state index >= 15 is 0 Å². The second-order valence-electron chi connectivity index (χ2n) is 5.10. The van der Waals surface area contributed by atoms with Gasteiger partial charge in [0.05, 0.1) is 4.90 Å². The molecule has 3 rings (SSSR count). The molecule has 0 atom stereocenters. The van der Waals surface area contributed by atoms with Crippen LogP contribution in [0.3, 0.4) is 0 Å². The number of sulfone groups is 1. The summed E-state index contributed by atoms with van der Waals surface area (Å²) in [6.07, 6.45) is 1.55. The van der Waals surface area contributed by atoms with Gasteiger partial charge < -0.3 is 9.15 Å². The lowest BCUT2D eigenvalue weighted by atomic mass is 10.3. The highest BCUT2D eigenvalue weighted by molar-refractivity contribution is 7.99. The van der Waals surface area contributed by atoms with E-state index in [1.807, 2.05) is 30.3 Å². The van der Waals surface area contributed by atoms with E-state index in [2.05, 4.69) is 10.2 Å². The number of nitrogens with zero attached hydrogens (tertiary/aromatic N) is 2. The van der Waals surface area contributed by atoms with Crippen molar-refractivity contribution in [3.63, 3.8) is 0 Å². The molecule has 0 aliphatic heterocycles. The number of ether oxygens (including phenoxy) is 1. The average molecular weight is 388 g/mol. The van der Waals surface area contributed by atoms with Crippen LogP contribution in [-0.4, -0.2) is 24.4 Å². The fourth-order valence-corrected chi connectivity index (χ4v) is 3.74. The van der Waals surface area contributed by atoms with Gasteiger partial charge in [-0.15, -0.1) is 10.2 Å². The smallest absolute Gasteiger partial charge is 0.277 e. The molecular formula is C18H16N2O4S2. The van der Waals surface area contributed by atoms with Gasteiger partial charge in [0.15, 0.2) is 16.4 Å². The zero-order valence-corrected chi connectivity index (χ0v) is 15.3. The second-order valence-corrected chi connectivity index (χ2v) is 7.91. The molecule has 134 valence electrons. The van der Waals surface area contributed by atoms with Crippen LogP contribution in [0.5, 0.6) is 5.75 Å². The largest absolute Gasteiger partial charge is 0.484 e. The Balaban J connectivity index is 1.49. The van der Waals surface area contributed by atoms with Crippen molar-refractivity contribution in [2.45, 2.75) is 16.7 Å². The van der Waals surface area contributed by atoms with Crippen molar-refractivity contribution in [2.24, 2.45) is 0 Å². The van der Waals surface area contributed by atoms with Gasteiger partial charge in [0.1, 0.15) is 5.75 Å². The minimum Gasteiger partial charge on any atom is -0.484 e. The van der Waals surface area contributed by atoms with Gasteiger partial charge in [0.25, 0.3) is 11.1 Å². The molecule has 0 spiro atoms. The van der Waals surface area contributed by atoms with Crippen LogP contribution in [0.2, 0.25) is 0 Å². The molecule has 3 aromatic rings. The molecule has 0 aliphatic rings. The zero-order chi connectivity index (χ0) is 18.2. The molecule has 0 aliphatic carbocycles. The number of hydrogen-bond donors (Lipinski definition) is 0. The van der Waals surface area contributed by atoms with Crippen LogP contribution in [0.15, 0.2) is 86.7 Å². The van der Waals surface area contributed by atoms with Crippen molar-refractivity contribution in [1.82, 2.24) is 10.2 Å². The van der Waals surface area contributed by atoms with Crippen LogP contribution < -0.4 is 4.74 Å². The molecule has 26 heavy (non-hydrogen) atoms. The van der Waals surface area contributed by atoms with Gasteiger partial charge in [-0.05, 0) is 24.3 Å². The normalized spacial score (nSPS) is 11.7. The van der Waals surface area contributed by atoms with Gasteiger partial charge in [0, 0.05) is 11.2 Å². The summed E-state index contributed by atoms with van der Waals surface area (Å²) in [5.41, 5.74) is 0. The Morgan fingerprint density at radius 1 is 1.00 bits per heavy atom. The van der Waals surface area contributed by atoms with Crippen LogP contribution in [0.1, 0.15) is 5.89 Å². The van der Waals surface area contributed by atoms with Crippen LogP contribution in [0, 0.1) is 0 Å². The van der Waals surface area contributed by atoms with Gasteiger partial charge >= 0.3 is 0 Å². The van der Waals surface area contributed by atoms with E-state index in [0.29, 0.717) is 22.6 Å². The molecule has 1 heterocycles. The van der Waals surface area contributed by atoms with Crippen molar-refractivity contribution in [1.29, 1.82) is 0 Å². The molecule has 1 aromatic heterocycles. The maximum absolute atomic E-state index is 12.1. The van der Waals surface area contributed by atoms with Crippen molar-refractivity contribution in [2.75, 3.05) is 5.75 Å². The van der Waals surface area contributed by atoms with Gasteiger partial charge in [-0.25, -0.2) is 8.42 Å². The fraction of sp³-hybridized carbons (Fsp3) is 0.111. The summed E-state index contributed by atoms with van der Waals surface area (Å²) in [6.45, 7) is 0.176. The minimum atomic E-state index is -3.43. The standard InChI is InChI=1S/C18H16N2O4S2/c21-26(22,16-10-5-2-6-11-16)13-7-12-25-18-20-19-17(24-18)14-23-15-8-3-1-4-9-15/h1-11,13H,12,14H2. The molecule has 0 saturated carbocycles. The highest BCUT2D eigenvalue weighted by atomic mass is 32.2. The Hall–Kier alpha value is -2.58. The topological polar surface area (TPSA) is 82.3 Å². The summed E-state index contributed by atoms with van der Waals surface area (Å²) < 4.78 is 35.2. The SMILES string of the molecule is O=S(=O)(C=CCSc1nnc(COc2ccccc2)o1)c1ccccc1. The van der Waals surface area contributed by atoms with E-state index in [1.165, 1.54) is 17.2 Å². The number of rotatable bonds is 8. The molecular weight excluding hydrogens is 372 g/mol. The van der Waals surface area contributed by atoms with Gasteiger partial charge in [-0.3, -0.25) is 0 Å². The fourth-order valence-electron chi connectivity index (χ4n) is 1.99. The summed E-state index contributed by atoms with van der Waals surface area (Å²) in [7, 11) is -3.43. The summed E-state index contributed by atoms with van der Waals surface area (Å²) >= 11 is 1.25. The number of hydrogen-bond acceptors (Lipinski definition) is 7. The molecule has 0 saturated heterocycles. The lowest BCUT2D eigenvalue weighted by Gasteiger charge is -2.01. The van der Waals surface area contributed by atoms with E-state index in [4.69, 9.17) is 9.15 Å². The average Bonchev–Trinajstić information content (AvgIpc) is 3.13. The number of aromatic nitrogens is 2. The van der Waals surface area contributed by atoms with Crippen molar-refractivity contribution in [3.05, 3.63) is 78.0 Å². The Morgan fingerprint density at radius 3 is 2.42 bits per heavy atom. The molecule has 0 unspecified atom stereocenters. The Kier molecular flexibility index (Phi) is 6.08. The van der Waals surface area contributed by atoms with Crippen molar-refractivity contribution >= 4 is 21.6 Å². The predicted octanol–water partition coefficient (Wildman–Crippen LogP) is 3.73. The van der Waals surface area contributed by atoms with E-state index in [-0.39, 0.29) is 11.5 Å². The molecule has 8 heteroatoms. The minimum absolute atomic E-state index is 0.176. The van der Waals surface area contributed by atoms with Crippen molar-refractivity contribution < 1.29 is 17.6 Å². The lowest BCUT2D eigenvalue weighted by Crippen LogP contribution is -1.95. The summed E-state index contributed by atoms with van der Waals surface area (Å²) in [5.74, 6) is 1.47. The van der Waals surface area contributed by atoms with E-state index < -0.39 is 9.84 Å². The maximum atomic E-state index is 12.1. The highest BCUT2D eigenvalue weighted by Crippen LogP contribution is 2.18. The van der Waals surface area contributed by atoms with Gasteiger partial charge in [-0.2, -0.15) is 0 Å². The molecule has 0 fully saturated rings. The number of thioether (sulfide) groups is 1. The molecule has 0 amide bonds. The number of benzene rings is 2. The van der Waals surface area contributed by atoms with Gasteiger partial charge in [0.2, 0.25) is 0 Å². The molecule has 0 bridgehead atoms. The third-order valence-corrected chi connectivity index (χ3v) is 5.46. The van der Waals surface area contributed by atoms with Crippen LogP contribution >= 0.6 is 11.8 Å². The Bertz CT molecular complexity index is 955. The first-order chi connectivity index (χ1) is 12.6. The Morgan fingerprint density at radius 2 is 1.69 bits per heavy atom. The summed E-state index contributed by atoms with van der Waals surface area (Å²) in [4.78, 5) is 0.263. The van der Waals surface area contributed by atoms with E-state index in [9.17, 15) is 8.42 Å². The monoisotopic (exact) mass is 388 g/mol. The molecule has 2 aromatic carbocycles. The summed E-state index contributed by atoms with van der Waals surface area (Å²) in [6, 6.07) is 17.6. The third-order valence-electron chi connectivity index (χ3n) is 3.20.